The number of ether oxygens (including phenoxy) is 1. The highest BCUT2D eigenvalue weighted by Gasteiger charge is 2.45. The van der Waals surface area contributed by atoms with E-state index in [-0.39, 0.29) is 23.5 Å². The lowest BCUT2D eigenvalue weighted by atomic mass is 9.83. The molecule has 4 heteroatoms. The minimum absolute atomic E-state index is 0.0152. The van der Waals surface area contributed by atoms with E-state index >= 15 is 0 Å². The Morgan fingerprint density at radius 1 is 1.35 bits per heavy atom. The van der Waals surface area contributed by atoms with Crippen LogP contribution in [0.25, 0.3) is 0 Å². The van der Waals surface area contributed by atoms with Gasteiger partial charge in [-0.05, 0) is 19.4 Å². The molecule has 0 aromatic heterocycles. The number of amides is 1. The highest BCUT2D eigenvalue weighted by molar-refractivity contribution is 5.93. The highest BCUT2D eigenvalue weighted by atomic mass is 16.5. The summed E-state index contributed by atoms with van der Waals surface area (Å²) in [7, 11) is 0. The number of carbonyl (C=O) groups excluding carboxylic acids is 1. The summed E-state index contributed by atoms with van der Waals surface area (Å²) in [5.41, 5.74) is 2.02. The summed E-state index contributed by atoms with van der Waals surface area (Å²) < 4.78 is 5.94. The van der Waals surface area contributed by atoms with Gasteiger partial charge in [-0.25, -0.2) is 5.01 Å². The van der Waals surface area contributed by atoms with Gasteiger partial charge < -0.3 is 4.74 Å². The maximum atomic E-state index is 11.9. The van der Waals surface area contributed by atoms with Gasteiger partial charge >= 0.3 is 0 Å². The molecule has 2 aliphatic heterocycles. The highest BCUT2D eigenvalue weighted by Crippen LogP contribution is 2.41. The Morgan fingerprint density at radius 2 is 2.05 bits per heavy atom. The van der Waals surface area contributed by atoms with Crippen LogP contribution in [0.4, 0.5) is 0 Å². The van der Waals surface area contributed by atoms with E-state index < -0.39 is 0 Å². The van der Waals surface area contributed by atoms with Crippen molar-refractivity contribution in [2.24, 2.45) is 11.0 Å². The number of hydrogen-bond acceptors (Lipinski definition) is 3. The lowest BCUT2D eigenvalue weighted by Gasteiger charge is -2.35. The predicted molar refractivity (Wildman–Crippen MR) is 77.3 cm³/mol. The summed E-state index contributed by atoms with van der Waals surface area (Å²) in [5.74, 6) is 0.160. The van der Waals surface area contributed by atoms with Crippen molar-refractivity contribution in [3.05, 3.63) is 35.9 Å². The summed E-state index contributed by atoms with van der Waals surface area (Å²) in [6.45, 7) is 6.33. The fourth-order valence-electron chi connectivity index (χ4n) is 3.07. The number of carbonyl (C=O) groups is 1. The molecule has 2 heterocycles. The molecule has 20 heavy (non-hydrogen) atoms. The van der Waals surface area contributed by atoms with Crippen molar-refractivity contribution in [3.8, 4) is 0 Å². The van der Waals surface area contributed by atoms with Crippen LogP contribution in [0.2, 0.25) is 0 Å². The van der Waals surface area contributed by atoms with Gasteiger partial charge in [0.25, 0.3) is 0 Å². The molecule has 1 fully saturated rings. The van der Waals surface area contributed by atoms with Crippen LogP contribution in [-0.4, -0.2) is 28.8 Å². The Hall–Kier alpha value is -1.68. The zero-order valence-corrected chi connectivity index (χ0v) is 12.2. The minimum atomic E-state index is -0.191. The van der Waals surface area contributed by atoms with Crippen molar-refractivity contribution in [3.63, 3.8) is 0 Å². The molecule has 2 atom stereocenters. The maximum absolute atomic E-state index is 11.9. The monoisotopic (exact) mass is 272 g/mol. The normalized spacial score (nSPS) is 27.9. The average molecular weight is 272 g/mol. The van der Waals surface area contributed by atoms with E-state index in [4.69, 9.17) is 4.74 Å². The number of rotatable bonds is 1. The second-order valence-corrected chi connectivity index (χ2v) is 6.16. The first-order chi connectivity index (χ1) is 9.48. The Labute approximate surface area is 119 Å². The van der Waals surface area contributed by atoms with Crippen molar-refractivity contribution in [2.75, 3.05) is 6.61 Å². The van der Waals surface area contributed by atoms with Crippen LogP contribution in [0.15, 0.2) is 35.4 Å². The van der Waals surface area contributed by atoms with Gasteiger partial charge in [0.1, 0.15) is 0 Å². The van der Waals surface area contributed by atoms with Crippen LogP contribution < -0.4 is 0 Å². The Morgan fingerprint density at radius 3 is 2.70 bits per heavy atom. The van der Waals surface area contributed by atoms with E-state index in [2.05, 4.69) is 31.1 Å². The van der Waals surface area contributed by atoms with Crippen LogP contribution >= 0.6 is 0 Å². The summed E-state index contributed by atoms with van der Waals surface area (Å²) in [5, 5.41) is 6.21. The standard InChI is InChI=1S/C16H20N2O2/c1-11(19)18-15(12-7-5-4-6-8-12)13-10-20-16(2,3)9-14(13)17-18/h4-8,13,15H,9-10H2,1-3H3/t13-,15-/m1/s1. The Kier molecular flexibility index (Phi) is 3.13. The van der Waals surface area contributed by atoms with E-state index in [0.717, 1.165) is 17.7 Å². The molecule has 0 N–H and O–H groups in total. The van der Waals surface area contributed by atoms with Crippen molar-refractivity contribution >= 4 is 11.6 Å². The first kappa shape index (κ1) is 13.3. The van der Waals surface area contributed by atoms with Crippen LogP contribution in [0, 0.1) is 5.92 Å². The zero-order chi connectivity index (χ0) is 14.3. The number of benzene rings is 1. The number of nitrogens with zero attached hydrogens (tertiary/aromatic N) is 2. The first-order valence-corrected chi connectivity index (χ1v) is 7.04. The van der Waals surface area contributed by atoms with Gasteiger partial charge in [-0.2, -0.15) is 5.10 Å². The van der Waals surface area contributed by atoms with Gasteiger partial charge in [0.2, 0.25) is 5.91 Å². The van der Waals surface area contributed by atoms with Crippen LogP contribution in [0.3, 0.4) is 0 Å². The lowest BCUT2D eigenvalue weighted by molar-refractivity contribution is -0.131. The number of hydrazone groups is 1. The molecule has 4 nitrogen and oxygen atoms in total. The average Bonchev–Trinajstić information content (AvgIpc) is 2.77. The molecule has 1 aromatic rings. The molecular formula is C16H20N2O2. The molecule has 0 bridgehead atoms. The lowest BCUT2D eigenvalue weighted by Crippen LogP contribution is -2.41. The van der Waals surface area contributed by atoms with E-state index in [1.807, 2.05) is 18.2 Å². The molecule has 0 saturated carbocycles. The van der Waals surface area contributed by atoms with Crippen molar-refractivity contribution < 1.29 is 9.53 Å². The van der Waals surface area contributed by atoms with Gasteiger partial charge in [-0.15, -0.1) is 0 Å². The van der Waals surface area contributed by atoms with Gasteiger partial charge in [-0.1, -0.05) is 30.3 Å². The molecule has 0 aliphatic carbocycles. The van der Waals surface area contributed by atoms with Crippen molar-refractivity contribution in [1.29, 1.82) is 0 Å². The van der Waals surface area contributed by atoms with E-state index in [9.17, 15) is 4.79 Å². The summed E-state index contributed by atoms with van der Waals surface area (Å²) in [6.07, 6.45) is 0.783. The largest absolute Gasteiger partial charge is 0.374 e. The van der Waals surface area contributed by atoms with Crippen LogP contribution in [0.5, 0.6) is 0 Å². The molecule has 1 aromatic carbocycles. The van der Waals surface area contributed by atoms with Crippen LogP contribution in [-0.2, 0) is 9.53 Å². The van der Waals surface area contributed by atoms with Gasteiger partial charge in [0.05, 0.1) is 18.2 Å². The van der Waals surface area contributed by atoms with Crippen LogP contribution in [0.1, 0.15) is 38.8 Å². The minimum Gasteiger partial charge on any atom is -0.374 e. The van der Waals surface area contributed by atoms with Crippen molar-refractivity contribution in [1.82, 2.24) is 5.01 Å². The van der Waals surface area contributed by atoms with Crippen molar-refractivity contribution in [2.45, 2.75) is 38.8 Å². The summed E-state index contributed by atoms with van der Waals surface area (Å²) >= 11 is 0. The van der Waals surface area contributed by atoms with E-state index in [1.54, 1.807) is 11.9 Å². The molecule has 3 rings (SSSR count). The van der Waals surface area contributed by atoms with Gasteiger partial charge in [0, 0.05) is 25.0 Å². The second kappa shape index (κ2) is 4.70. The number of hydrogen-bond donors (Lipinski definition) is 0. The molecule has 0 unspecified atom stereocenters. The molecule has 0 spiro atoms. The molecule has 1 saturated heterocycles. The summed E-state index contributed by atoms with van der Waals surface area (Å²) in [6, 6.07) is 10.1. The fraction of sp³-hybridized carbons (Fsp3) is 0.500. The molecule has 0 radical (unpaired) electrons. The smallest absolute Gasteiger partial charge is 0.240 e. The van der Waals surface area contributed by atoms with E-state index in [1.165, 1.54) is 0 Å². The number of fused-ring (bicyclic) bond motifs is 1. The Bertz CT molecular complexity index is 551. The second-order valence-electron chi connectivity index (χ2n) is 6.16. The maximum Gasteiger partial charge on any atom is 0.240 e. The predicted octanol–water partition coefficient (Wildman–Crippen LogP) is 2.76. The van der Waals surface area contributed by atoms with Gasteiger partial charge in [-0.3, -0.25) is 4.79 Å². The van der Waals surface area contributed by atoms with E-state index in [0.29, 0.717) is 6.61 Å². The third-order valence-corrected chi connectivity index (χ3v) is 4.03. The SMILES string of the molecule is CC(=O)N1N=C2CC(C)(C)OC[C@H]2[C@H]1c1ccccc1. The molecule has 2 aliphatic rings. The summed E-state index contributed by atoms with van der Waals surface area (Å²) in [4.78, 5) is 11.9. The third kappa shape index (κ3) is 2.24. The topological polar surface area (TPSA) is 41.9 Å². The first-order valence-electron chi connectivity index (χ1n) is 7.04. The third-order valence-electron chi connectivity index (χ3n) is 4.03. The quantitative estimate of drug-likeness (QED) is 0.789. The zero-order valence-electron chi connectivity index (χ0n) is 12.2. The van der Waals surface area contributed by atoms with Gasteiger partial charge in [0.15, 0.2) is 0 Å². The fourth-order valence-corrected chi connectivity index (χ4v) is 3.07. The molecular weight excluding hydrogens is 252 g/mol. The molecule has 106 valence electrons. The Balaban J connectivity index is 1.97. The molecule has 1 amide bonds.